The molecule has 2 heterocycles. The van der Waals surface area contributed by atoms with Gasteiger partial charge in [0.1, 0.15) is 0 Å². The summed E-state index contributed by atoms with van der Waals surface area (Å²) in [6.45, 7) is -0.136. The average Bonchev–Trinajstić information content (AvgIpc) is 3.31. The molecule has 1 aliphatic heterocycles. The van der Waals surface area contributed by atoms with Crippen LogP contribution in [0, 0.1) is 17.5 Å². The summed E-state index contributed by atoms with van der Waals surface area (Å²) in [6, 6.07) is 11.1. The van der Waals surface area contributed by atoms with Gasteiger partial charge in [-0.3, -0.25) is 10.2 Å². The molecular weight excluding hydrogens is 512 g/mol. The molecular formula is C24H25F3N4O5P+. The van der Waals surface area contributed by atoms with E-state index in [0.717, 1.165) is 23.3 Å². The van der Waals surface area contributed by atoms with Gasteiger partial charge in [-0.25, -0.2) is 22.3 Å². The van der Waals surface area contributed by atoms with Crippen molar-refractivity contribution < 1.29 is 41.1 Å². The predicted octanol–water partition coefficient (Wildman–Crippen LogP) is 4.00. The molecule has 0 fully saturated rings. The zero-order chi connectivity index (χ0) is 26.8. The van der Waals surface area contributed by atoms with E-state index in [2.05, 4.69) is 15.0 Å². The quantitative estimate of drug-likeness (QED) is 0.183. The zero-order valence-electron chi connectivity index (χ0n) is 19.6. The lowest BCUT2D eigenvalue weighted by Crippen LogP contribution is -2.55. The topological polar surface area (TPSA) is 131 Å². The molecule has 4 rings (SSSR count). The summed E-state index contributed by atoms with van der Waals surface area (Å²) >= 11 is 0. The van der Waals surface area contributed by atoms with Crippen molar-refractivity contribution in [2.45, 2.75) is 19.1 Å². The van der Waals surface area contributed by atoms with Crippen LogP contribution in [0.25, 0.3) is 5.57 Å². The number of rotatable bonds is 9. The van der Waals surface area contributed by atoms with Crippen LogP contribution < -0.4 is 11.1 Å². The Hall–Kier alpha value is -3.25. The lowest BCUT2D eigenvalue weighted by Gasteiger charge is -2.37. The van der Waals surface area contributed by atoms with Gasteiger partial charge in [0.15, 0.2) is 36.1 Å². The molecule has 3 aromatic rings. The third-order valence-electron chi connectivity index (χ3n) is 5.93. The van der Waals surface area contributed by atoms with E-state index in [1.807, 2.05) is 24.3 Å². The van der Waals surface area contributed by atoms with Crippen LogP contribution in [0.15, 0.2) is 65.3 Å². The number of allylic oxidation sites excluding steroid dienone is 2. The van der Waals surface area contributed by atoms with E-state index in [1.54, 1.807) is 31.5 Å². The third-order valence-corrected chi connectivity index (χ3v) is 6.38. The molecule has 0 radical (unpaired) electrons. The van der Waals surface area contributed by atoms with Crippen LogP contribution in [0.3, 0.4) is 0 Å². The maximum atomic E-state index is 13.8. The molecule has 5 N–H and O–H groups in total. The maximum absolute atomic E-state index is 13.8. The van der Waals surface area contributed by atoms with Gasteiger partial charge < -0.3 is 19.6 Å². The van der Waals surface area contributed by atoms with Crippen LogP contribution in [0.5, 0.6) is 0 Å². The third kappa shape index (κ3) is 6.37. The highest BCUT2D eigenvalue weighted by atomic mass is 31.2. The number of aromatic nitrogens is 1. The Morgan fingerprint density at radius 1 is 1.14 bits per heavy atom. The number of phosphoric ester groups is 1. The van der Waals surface area contributed by atoms with E-state index >= 15 is 0 Å². The maximum Gasteiger partial charge on any atom is 0.474 e. The summed E-state index contributed by atoms with van der Waals surface area (Å²) < 4.78 is 61.4. The lowest BCUT2D eigenvalue weighted by molar-refractivity contribution is -0.893. The normalized spacial score (nSPS) is 19.6. The van der Waals surface area contributed by atoms with E-state index in [-0.39, 0.29) is 23.4 Å². The summed E-state index contributed by atoms with van der Waals surface area (Å²) in [7, 11) is -3.00. The predicted molar refractivity (Wildman–Crippen MR) is 129 cm³/mol. The van der Waals surface area contributed by atoms with E-state index in [9.17, 15) is 17.7 Å². The van der Waals surface area contributed by atoms with Gasteiger partial charge in [-0.15, -0.1) is 0 Å². The standard InChI is InChI=1S/C24H24F3N4O5P/c1-31(14-35-37(32,33)34)10-2-3-18(24(31)28)21-12-17(30-36-21)11-15-4-6-16(7-5-15)13-29-20-9-8-19(25)22(26)23(20)27/h2-10,12,24,29H,11,13-14,28H2,1H3,(H-,32,33,34)/p+1. The number of likely N-dealkylation sites (N-methyl/N-ethyl adjacent to an activating group) is 1. The molecule has 9 nitrogen and oxygen atoms in total. The minimum atomic E-state index is -4.67. The van der Waals surface area contributed by atoms with Crippen molar-refractivity contribution in [3.8, 4) is 0 Å². The number of nitrogens with two attached hydrogens (primary N) is 1. The van der Waals surface area contributed by atoms with Gasteiger partial charge in [-0.2, -0.15) is 0 Å². The fourth-order valence-corrected chi connectivity index (χ4v) is 4.18. The Morgan fingerprint density at radius 2 is 1.84 bits per heavy atom. The molecule has 1 aliphatic rings. The molecule has 0 saturated carbocycles. The Bertz CT molecular complexity index is 1390. The van der Waals surface area contributed by atoms with Crippen LogP contribution in [0.4, 0.5) is 18.9 Å². The van der Waals surface area contributed by atoms with Gasteiger partial charge in [0, 0.05) is 19.0 Å². The lowest BCUT2D eigenvalue weighted by atomic mass is 10.0. The summed E-state index contributed by atoms with van der Waals surface area (Å²) in [5.74, 6) is -3.62. The Kier molecular flexibility index (Phi) is 7.69. The van der Waals surface area contributed by atoms with Crippen molar-refractivity contribution in [3.05, 3.63) is 101 Å². The number of quaternary nitrogens is 1. The van der Waals surface area contributed by atoms with Gasteiger partial charge in [0.2, 0.25) is 0 Å². The summed E-state index contributed by atoms with van der Waals surface area (Å²) in [5.41, 5.74) is 9.16. The highest BCUT2D eigenvalue weighted by Crippen LogP contribution is 2.38. The van der Waals surface area contributed by atoms with Crippen LogP contribution in [-0.4, -0.2) is 39.4 Å². The molecule has 0 saturated heterocycles. The van der Waals surface area contributed by atoms with Gasteiger partial charge in [0.05, 0.1) is 30.2 Å². The number of nitrogens with one attached hydrogen (secondary N) is 1. The number of hydrogen-bond donors (Lipinski definition) is 4. The van der Waals surface area contributed by atoms with E-state index < -0.39 is 31.4 Å². The molecule has 0 aliphatic carbocycles. The molecule has 0 amide bonds. The van der Waals surface area contributed by atoms with Crippen molar-refractivity contribution >= 4 is 19.1 Å². The first kappa shape index (κ1) is 26.8. The van der Waals surface area contributed by atoms with Gasteiger partial charge >= 0.3 is 7.82 Å². The van der Waals surface area contributed by atoms with Crippen LogP contribution in [-0.2, 0) is 22.1 Å². The fraction of sp³-hybridized carbons (Fsp3) is 0.208. The van der Waals surface area contributed by atoms with Crippen molar-refractivity contribution in [2.75, 3.05) is 19.1 Å². The SMILES string of the molecule is C[N+]1(COP(=O)(O)O)C=CC=C(c2cc(Cc3ccc(CNc4ccc(F)c(F)c4F)cc3)no2)C1N. The minimum Gasteiger partial charge on any atom is -0.379 e. The molecule has 1 aromatic heterocycles. The Labute approximate surface area is 210 Å². The fourth-order valence-electron chi connectivity index (χ4n) is 3.78. The van der Waals surface area contributed by atoms with Crippen molar-refractivity contribution in [2.24, 2.45) is 5.73 Å². The van der Waals surface area contributed by atoms with Crippen LogP contribution in [0.1, 0.15) is 22.6 Å². The first-order valence-corrected chi connectivity index (χ1v) is 12.6. The first-order valence-electron chi connectivity index (χ1n) is 11.1. The first-order chi connectivity index (χ1) is 17.4. The second-order valence-electron chi connectivity index (χ2n) is 8.76. The van der Waals surface area contributed by atoms with Crippen molar-refractivity contribution in [1.29, 1.82) is 0 Å². The summed E-state index contributed by atoms with van der Waals surface area (Å²) in [6.07, 6.45) is 4.83. The Morgan fingerprint density at radius 3 is 2.54 bits per heavy atom. The van der Waals surface area contributed by atoms with Gasteiger partial charge in [-0.1, -0.05) is 29.4 Å². The molecule has 2 atom stereocenters. The molecule has 196 valence electrons. The largest absolute Gasteiger partial charge is 0.474 e. The number of halogens is 3. The minimum absolute atomic E-state index is 0.114. The zero-order valence-corrected chi connectivity index (χ0v) is 20.5. The van der Waals surface area contributed by atoms with Gasteiger partial charge in [-0.05, 0) is 35.4 Å². The summed E-state index contributed by atoms with van der Waals surface area (Å²) in [4.78, 5) is 18.1. The highest BCUT2D eigenvalue weighted by Gasteiger charge is 2.37. The van der Waals surface area contributed by atoms with Crippen LogP contribution >= 0.6 is 7.82 Å². The highest BCUT2D eigenvalue weighted by molar-refractivity contribution is 7.46. The second kappa shape index (κ2) is 10.6. The molecule has 13 heteroatoms. The molecule has 37 heavy (non-hydrogen) atoms. The van der Waals surface area contributed by atoms with Crippen LogP contribution in [0.2, 0.25) is 0 Å². The number of benzene rings is 2. The second-order valence-corrected chi connectivity index (χ2v) is 10.00. The smallest absolute Gasteiger partial charge is 0.379 e. The Balaban J connectivity index is 1.38. The van der Waals surface area contributed by atoms with E-state index in [4.69, 9.17) is 20.0 Å². The average molecular weight is 537 g/mol. The number of phosphoric acid groups is 1. The number of anilines is 1. The van der Waals surface area contributed by atoms with Gasteiger partial charge in [0.25, 0.3) is 0 Å². The van der Waals surface area contributed by atoms with E-state index in [0.29, 0.717) is 23.4 Å². The monoisotopic (exact) mass is 537 g/mol. The number of hydrogen-bond acceptors (Lipinski definition) is 6. The number of nitrogens with zero attached hydrogens (tertiary/aromatic N) is 2. The molecule has 0 bridgehead atoms. The summed E-state index contributed by atoms with van der Waals surface area (Å²) in [5, 5.41) is 6.85. The van der Waals surface area contributed by atoms with Crippen molar-refractivity contribution in [3.63, 3.8) is 0 Å². The van der Waals surface area contributed by atoms with E-state index in [1.165, 1.54) is 0 Å². The van der Waals surface area contributed by atoms with Crippen molar-refractivity contribution in [1.82, 2.24) is 5.16 Å². The molecule has 0 spiro atoms. The molecule has 2 unspecified atom stereocenters. The molecule has 2 aromatic carbocycles.